The molecule has 0 aromatic carbocycles. The van der Waals surface area contributed by atoms with Crippen molar-refractivity contribution in [1.29, 1.82) is 0 Å². The summed E-state index contributed by atoms with van der Waals surface area (Å²) in [6, 6.07) is 0. The molecular formula is C37H73NO5. The van der Waals surface area contributed by atoms with E-state index in [4.69, 9.17) is 9.47 Å². The minimum atomic E-state index is -0.0358. The fourth-order valence-corrected chi connectivity index (χ4v) is 5.62. The molecular weight excluding hydrogens is 538 g/mol. The van der Waals surface area contributed by atoms with Gasteiger partial charge in [-0.2, -0.15) is 0 Å². The van der Waals surface area contributed by atoms with E-state index in [9.17, 15) is 14.7 Å². The molecule has 6 heteroatoms. The molecule has 0 saturated heterocycles. The number of ether oxygens (including phenoxy) is 2. The highest BCUT2D eigenvalue weighted by Crippen LogP contribution is 2.13. The molecule has 0 saturated carbocycles. The molecule has 0 bridgehead atoms. The van der Waals surface area contributed by atoms with Crippen LogP contribution in [-0.2, 0) is 19.1 Å². The van der Waals surface area contributed by atoms with Crippen LogP contribution in [0.15, 0.2) is 0 Å². The second-order valence-corrected chi connectivity index (χ2v) is 12.8. The summed E-state index contributed by atoms with van der Waals surface area (Å²) >= 11 is 0. The number of aliphatic hydroxyl groups excluding tert-OH is 1. The maximum Gasteiger partial charge on any atom is 0.306 e. The molecule has 6 nitrogen and oxygen atoms in total. The van der Waals surface area contributed by atoms with Crippen LogP contribution in [0.25, 0.3) is 0 Å². The Bertz CT molecular complexity index is 600. The molecule has 43 heavy (non-hydrogen) atoms. The Morgan fingerprint density at radius 2 is 1.00 bits per heavy atom. The lowest BCUT2D eigenvalue weighted by molar-refractivity contribution is -0.148. The Morgan fingerprint density at radius 3 is 1.53 bits per heavy atom. The summed E-state index contributed by atoms with van der Waals surface area (Å²) in [5.41, 5.74) is 0. The highest BCUT2D eigenvalue weighted by atomic mass is 16.5. The Kier molecular flexibility index (Phi) is 32.9. The zero-order chi connectivity index (χ0) is 31.6. The molecule has 0 amide bonds. The van der Waals surface area contributed by atoms with E-state index in [1.807, 2.05) is 6.92 Å². The molecule has 0 aliphatic heterocycles. The van der Waals surface area contributed by atoms with Gasteiger partial charge in [0.25, 0.3) is 0 Å². The molecule has 1 N–H and O–H groups in total. The monoisotopic (exact) mass is 612 g/mol. The quantitative estimate of drug-likeness (QED) is 0.0576. The van der Waals surface area contributed by atoms with Crippen LogP contribution in [0.1, 0.15) is 188 Å². The minimum Gasteiger partial charge on any atom is -0.466 e. The van der Waals surface area contributed by atoms with Gasteiger partial charge in [-0.3, -0.25) is 9.59 Å². The van der Waals surface area contributed by atoms with Gasteiger partial charge in [-0.1, -0.05) is 123 Å². The third-order valence-corrected chi connectivity index (χ3v) is 8.43. The normalized spacial score (nSPS) is 12.1. The fourth-order valence-electron chi connectivity index (χ4n) is 5.62. The summed E-state index contributed by atoms with van der Waals surface area (Å²) in [6.07, 6.45) is 29.3. The van der Waals surface area contributed by atoms with Crippen molar-refractivity contribution in [3.05, 3.63) is 0 Å². The van der Waals surface area contributed by atoms with Gasteiger partial charge in [0.15, 0.2) is 0 Å². The number of rotatable bonds is 34. The van der Waals surface area contributed by atoms with Crippen molar-refractivity contribution in [2.75, 3.05) is 32.8 Å². The van der Waals surface area contributed by atoms with Crippen molar-refractivity contribution in [1.82, 2.24) is 4.90 Å². The SMILES string of the molecule is CCCCCCCCCOC(=O)CCCCCCCN(CCO)CCCCCCCC(=O)OC(C)CCCCCCCC. The van der Waals surface area contributed by atoms with Gasteiger partial charge in [0.1, 0.15) is 0 Å². The van der Waals surface area contributed by atoms with Gasteiger partial charge >= 0.3 is 11.9 Å². The number of carbonyl (C=O) groups excluding carboxylic acids is 2. The van der Waals surface area contributed by atoms with E-state index in [1.54, 1.807) is 0 Å². The van der Waals surface area contributed by atoms with Gasteiger partial charge in [-0.05, 0) is 65.0 Å². The first kappa shape index (κ1) is 41.9. The fraction of sp³-hybridized carbons (Fsp3) is 0.946. The maximum atomic E-state index is 12.1. The van der Waals surface area contributed by atoms with E-state index < -0.39 is 0 Å². The van der Waals surface area contributed by atoms with Crippen LogP contribution >= 0.6 is 0 Å². The lowest BCUT2D eigenvalue weighted by atomic mass is 10.1. The molecule has 0 aliphatic rings. The molecule has 0 fully saturated rings. The lowest BCUT2D eigenvalue weighted by Crippen LogP contribution is -2.29. The number of carbonyl (C=O) groups is 2. The number of unbranched alkanes of at least 4 members (excludes halogenated alkanes) is 19. The van der Waals surface area contributed by atoms with Gasteiger partial charge in [0.2, 0.25) is 0 Å². The molecule has 1 unspecified atom stereocenters. The zero-order valence-electron chi connectivity index (χ0n) is 29.0. The summed E-state index contributed by atoms with van der Waals surface area (Å²) in [4.78, 5) is 26.4. The summed E-state index contributed by atoms with van der Waals surface area (Å²) in [6.45, 7) is 10.1. The van der Waals surface area contributed by atoms with E-state index in [0.29, 0.717) is 19.4 Å². The van der Waals surface area contributed by atoms with E-state index in [0.717, 1.165) is 90.3 Å². The van der Waals surface area contributed by atoms with Crippen molar-refractivity contribution < 1.29 is 24.2 Å². The average Bonchev–Trinajstić information content (AvgIpc) is 2.99. The number of hydrogen-bond acceptors (Lipinski definition) is 6. The summed E-state index contributed by atoms with van der Waals surface area (Å²) in [7, 11) is 0. The van der Waals surface area contributed by atoms with Crippen molar-refractivity contribution in [3.8, 4) is 0 Å². The Morgan fingerprint density at radius 1 is 0.558 bits per heavy atom. The summed E-state index contributed by atoms with van der Waals surface area (Å²) in [5, 5.41) is 9.45. The van der Waals surface area contributed by atoms with Gasteiger partial charge in [-0.15, -0.1) is 0 Å². The maximum absolute atomic E-state index is 12.1. The lowest BCUT2D eigenvalue weighted by Gasteiger charge is -2.21. The van der Waals surface area contributed by atoms with Crippen LogP contribution < -0.4 is 0 Å². The molecule has 0 spiro atoms. The van der Waals surface area contributed by atoms with E-state index >= 15 is 0 Å². The standard InChI is InChI=1S/C37H73NO5/c1-4-6-8-10-12-20-26-34-42-36(40)28-22-16-13-18-24-30-38(32-33-39)31-25-19-14-17-23-29-37(41)43-35(3)27-21-15-11-9-7-5-2/h35,39H,4-34H2,1-3H3. The third kappa shape index (κ3) is 32.1. The van der Waals surface area contributed by atoms with Crippen molar-refractivity contribution in [3.63, 3.8) is 0 Å². The predicted octanol–water partition coefficient (Wildman–Crippen LogP) is 9.94. The largest absolute Gasteiger partial charge is 0.466 e. The number of hydrogen-bond donors (Lipinski definition) is 1. The van der Waals surface area contributed by atoms with Crippen molar-refractivity contribution in [2.45, 2.75) is 194 Å². The van der Waals surface area contributed by atoms with Gasteiger partial charge in [-0.25, -0.2) is 0 Å². The van der Waals surface area contributed by atoms with E-state index in [1.165, 1.54) is 83.5 Å². The predicted molar refractivity (Wildman–Crippen MR) is 181 cm³/mol. The van der Waals surface area contributed by atoms with Crippen LogP contribution in [0, 0.1) is 0 Å². The first-order valence-corrected chi connectivity index (χ1v) is 18.7. The molecule has 0 aliphatic carbocycles. The van der Waals surface area contributed by atoms with Gasteiger partial charge < -0.3 is 19.5 Å². The third-order valence-electron chi connectivity index (χ3n) is 8.43. The average molecular weight is 612 g/mol. The molecule has 1 atom stereocenters. The first-order valence-electron chi connectivity index (χ1n) is 18.7. The molecule has 0 aromatic heterocycles. The summed E-state index contributed by atoms with van der Waals surface area (Å²) in [5.74, 6) is -0.0697. The highest BCUT2D eigenvalue weighted by molar-refractivity contribution is 5.69. The molecule has 0 heterocycles. The Hall–Kier alpha value is -1.14. The van der Waals surface area contributed by atoms with Crippen LogP contribution in [0.5, 0.6) is 0 Å². The van der Waals surface area contributed by atoms with Crippen LogP contribution in [0.2, 0.25) is 0 Å². The molecule has 0 radical (unpaired) electrons. The second-order valence-electron chi connectivity index (χ2n) is 12.8. The second kappa shape index (κ2) is 33.7. The minimum absolute atomic E-state index is 0.0339. The van der Waals surface area contributed by atoms with Crippen LogP contribution in [0.4, 0.5) is 0 Å². The Labute approximate surface area is 267 Å². The van der Waals surface area contributed by atoms with E-state index in [-0.39, 0.29) is 24.6 Å². The van der Waals surface area contributed by atoms with Crippen LogP contribution in [-0.4, -0.2) is 60.9 Å². The van der Waals surface area contributed by atoms with E-state index in [2.05, 4.69) is 18.7 Å². The number of nitrogens with zero attached hydrogens (tertiary/aromatic N) is 1. The zero-order valence-corrected chi connectivity index (χ0v) is 29.0. The van der Waals surface area contributed by atoms with Crippen LogP contribution in [0.3, 0.4) is 0 Å². The number of aliphatic hydroxyl groups is 1. The van der Waals surface area contributed by atoms with Gasteiger partial charge in [0, 0.05) is 19.4 Å². The topological polar surface area (TPSA) is 76.1 Å². The van der Waals surface area contributed by atoms with Crippen molar-refractivity contribution >= 4 is 11.9 Å². The Balaban J connectivity index is 3.62. The smallest absolute Gasteiger partial charge is 0.306 e. The summed E-state index contributed by atoms with van der Waals surface area (Å²) < 4.78 is 11.0. The molecule has 256 valence electrons. The number of esters is 2. The van der Waals surface area contributed by atoms with Crippen molar-refractivity contribution in [2.24, 2.45) is 0 Å². The molecule has 0 aromatic rings. The molecule has 0 rings (SSSR count). The van der Waals surface area contributed by atoms with Gasteiger partial charge in [0.05, 0.1) is 19.3 Å². The highest BCUT2D eigenvalue weighted by Gasteiger charge is 2.10. The first-order chi connectivity index (χ1) is 21.0.